The molecule has 0 aliphatic carbocycles. The van der Waals surface area contributed by atoms with Crippen molar-refractivity contribution in [2.45, 2.75) is 18.0 Å². The highest BCUT2D eigenvalue weighted by Gasteiger charge is 2.31. The number of rotatable bonds is 4. The number of alkyl halides is 3. The predicted molar refractivity (Wildman–Crippen MR) is 80.0 cm³/mol. The van der Waals surface area contributed by atoms with E-state index in [9.17, 15) is 30.4 Å². The number of hydrogen-bond donors (Lipinski definition) is 0. The van der Waals surface area contributed by atoms with E-state index in [0.717, 1.165) is 29.8 Å². The number of hydrogen-bond acceptors (Lipinski definition) is 3. The molecule has 2 aromatic rings. The van der Waals surface area contributed by atoms with Gasteiger partial charge in [0.2, 0.25) is 5.76 Å². The molecule has 134 valence electrons. The molecule has 2 aromatic carbocycles. The lowest BCUT2D eigenvalue weighted by molar-refractivity contribution is -0.137. The number of halogens is 5. The molecule has 0 aliphatic heterocycles. The van der Waals surface area contributed by atoms with Gasteiger partial charge < -0.3 is 4.18 Å². The molecule has 0 bridgehead atoms. The van der Waals surface area contributed by atoms with E-state index in [1.165, 1.54) is 12.1 Å². The second kappa shape index (κ2) is 6.83. The van der Waals surface area contributed by atoms with Crippen LogP contribution in [0, 0.1) is 6.92 Å². The molecule has 0 N–H and O–H groups in total. The van der Waals surface area contributed by atoms with Gasteiger partial charge in [-0.05, 0) is 31.2 Å². The summed E-state index contributed by atoms with van der Waals surface area (Å²) in [7, 11) is -4.64. The maximum Gasteiger partial charge on any atom is 0.416 e. The molecule has 0 radical (unpaired) electrons. The highest BCUT2D eigenvalue weighted by atomic mass is 32.2. The molecule has 0 atom stereocenters. The minimum absolute atomic E-state index is 0.388. The van der Waals surface area contributed by atoms with Crippen LogP contribution in [0.3, 0.4) is 0 Å². The van der Waals surface area contributed by atoms with Crippen LogP contribution < -0.4 is 0 Å². The SMILES string of the molecule is Cc1ccc(S(=O)(=O)OC(=C(F)F)c2cccc(C(F)(F)F)c2)cc1. The first-order valence-electron chi connectivity index (χ1n) is 6.75. The van der Waals surface area contributed by atoms with Crippen molar-refractivity contribution in [1.82, 2.24) is 0 Å². The molecule has 0 saturated carbocycles. The summed E-state index contributed by atoms with van der Waals surface area (Å²) in [6.07, 6.45) is -7.33. The van der Waals surface area contributed by atoms with Gasteiger partial charge in [-0.1, -0.05) is 29.8 Å². The zero-order valence-electron chi connectivity index (χ0n) is 12.6. The van der Waals surface area contributed by atoms with Crippen LogP contribution in [0.15, 0.2) is 59.5 Å². The summed E-state index contributed by atoms with van der Waals surface area (Å²) in [5.74, 6) is -1.45. The van der Waals surface area contributed by atoms with E-state index < -0.39 is 44.2 Å². The zero-order valence-corrected chi connectivity index (χ0v) is 13.5. The summed E-state index contributed by atoms with van der Waals surface area (Å²) >= 11 is 0. The van der Waals surface area contributed by atoms with Gasteiger partial charge in [-0.2, -0.15) is 30.4 Å². The maximum absolute atomic E-state index is 13.1. The second-order valence-corrected chi connectivity index (χ2v) is 6.56. The third kappa shape index (κ3) is 4.56. The molecule has 0 amide bonds. The lowest BCUT2D eigenvalue weighted by Crippen LogP contribution is -2.09. The molecule has 0 saturated heterocycles. The fourth-order valence-corrected chi connectivity index (χ4v) is 2.83. The van der Waals surface area contributed by atoms with Crippen molar-refractivity contribution in [1.29, 1.82) is 0 Å². The fourth-order valence-electron chi connectivity index (χ4n) is 1.89. The molecule has 3 nitrogen and oxygen atoms in total. The van der Waals surface area contributed by atoms with E-state index in [1.54, 1.807) is 6.92 Å². The van der Waals surface area contributed by atoms with Crippen LogP contribution in [0.2, 0.25) is 0 Å². The Morgan fingerprint density at radius 2 is 1.60 bits per heavy atom. The number of aryl methyl sites for hydroxylation is 1. The maximum atomic E-state index is 13.1. The summed E-state index contributed by atoms with van der Waals surface area (Å²) in [5.41, 5.74) is -1.19. The van der Waals surface area contributed by atoms with Crippen molar-refractivity contribution in [3.05, 3.63) is 71.3 Å². The topological polar surface area (TPSA) is 43.4 Å². The van der Waals surface area contributed by atoms with Crippen LogP contribution >= 0.6 is 0 Å². The Morgan fingerprint density at radius 1 is 1.00 bits per heavy atom. The summed E-state index contributed by atoms with van der Waals surface area (Å²) in [5, 5.41) is 0. The van der Waals surface area contributed by atoms with Crippen molar-refractivity contribution < 1.29 is 34.6 Å². The quantitative estimate of drug-likeness (QED) is 0.428. The minimum atomic E-state index is -4.77. The van der Waals surface area contributed by atoms with Crippen LogP contribution in [0.5, 0.6) is 0 Å². The monoisotopic (exact) mass is 378 g/mol. The molecule has 0 heterocycles. The second-order valence-electron chi connectivity index (χ2n) is 5.02. The molecule has 0 aromatic heterocycles. The third-order valence-electron chi connectivity index (χ3n) is 3.13. The van der Waals surface area contributed by atoms with Crippen molar-refractivity contribution in [3.8, 4) is 0 Å². The normalized spacial score (nSPS) is 11.9. The minimum Gasteiger partial charge on any atom is -0.373 e. The van der Waals surface area contributed by atoms with Crippen LogP contribution in [0.1, 0.15) is 16.7 Å². The third-order valence-corrected chi connectivity index (χ3v) is 4.36. The molecule has 9 heteroatoms. The molecule has 0 spiro atoms. The smallest absolute Gasteiger partial charge is 0.373 e. The Labute approximate surface area is 140 Å². The standard InChI is InChI=1S/C16H11F5O3S/c1-10-5-7-13(8-6-10)25(22,23)24-14(15(17)18)11-3-2-4-12(9-11)16(19,20)21/h2-9H,1H3. The molecule has 2 rings (SSSR count). The molecule has 0 aliphatic rings. The van der Waals surface area contributed by atoms with E-state index in [0.29, 0.717) is 12.1 Å². The van der Waals surface area contributed by atoms with E-state index >= 15 is 0 Å². The van der Waals surface area contributed by atoms with Crippen molar-refractivity contribution in [2.24, 2.45) is 0 Å². The Kier molecular flexibility index (Phi) is 5.17. The van der Waals surface area contributed by atoms with Gasteiger partial charge in [0.05, 0.1) is 5.56 Å². The van der Waals surface area contributed by atoms with Gasteiger partial charge in [-0.3, -0.25) is 0 Å². The van der Waals surface area contributed by atoms with Crippen molar-refractivity contribution in [2.75, 3.05) is 0 Å². The van der Waals surface area contributed by atoms with Crippen LogP contribution in [-0.4, -0.2) is 8.42 Å². The molecular weight excluding hydrogens is 367 g/mol. The molecule has 0 unspecified atom stereocenters. The van der Waals surface area contributed by atoms with E-state index in [4.69, 9.17) is 0 Å². The average Bonchev–Trinajstić information content (AvgIpc) is 2.52. The number of benzene rings is 2. The van der Waals surface area contributed by atoms with Crippen molar-refractivity contribution >= 4 is 15.9 Å². The highest BCUT2D eigenvalue weighted by Crippen LogP contribution is 2.33. The average molecular weight is 378 g/mol. The highest BCUT2D eigenvalue weighted by molar-refractivity contribution is 7.87. The first-order chi connectivity index (χ1) is 11.5. The van der Waals surface area contributed by atoms with Gasteiger partial charge in [0.25, 0.3) is 0 Å². The molecule has 0 fully saturated rings. The first-order valence-corrected chi connectivity index (χ1v) is 8.15. The predicted octanol–water partition coefficient (Wildman–Crippen LogP) is 4.98. The molecular formula is C16H11F5O3S. The van der Waals surface area contributed by atoms with Crippen LogP contribution in [0.4, 0.5) is 22.0 Å². The summed E-state index contributed by atoms with van der Waals surface area (Å²) in [6, 6.07) is 7.97. The van der Waals surface area contributed by atoms with Gasteiger partial charge in [-0.15, -0.1) is 0 Å². The Bertz CT molecular complexity index is 896. The van der Waals surface area contributed by atoms with E-state index in [2.05, 4.69) is 4.18 Å². The van der Waals surface area contributed by atoms with Gasteiger partial charge in [-0.25, -0.2) is 0 Å². The van der Waals surface area contributed by atoms with Gasteiger partial charge >= 0.3 is 22.4 Å². The van der Waals surface area contributed by atoms with E-state index in [1.807, 2.05) is 0 Å². The molecule has 25 heavy (non-hydrogen) atoms. The van der Waals surface area contributed by atoms with Crippen LogP contribution in [0.25, 0.3) is 5.76 Å². The lowest BCUT2D eigenvalue weighted by atomic mass is 10.1. The summed E-state index contributed by atoms with van der Waals surface area (Å²) in [4.78, 5) is -0.399. The Balaban J connectivity index is 2.44. The van der Waals surface area contributed by atoms with Crippen LogP contribution in [-0.2, 0) is 20.5 Å². The zero-order chi connectivity index (χ0) is 18.8. The largest absolute Gasteiger partial charge is 0.416 e. The van der Waals surface area contributed by atoms with Gasteiger partial charge in [0, 0.05) is 5.56 Å². The first kappa shape index (κ1) is 18.9. The fraction of sp³-hybridized carbons (Fsp3) is 0.125. The van der Waals surface area contributed by atoms with E-state index in [-0.39, 0.29) is 0 Å². The lowest BCUT2D eigenvalue weighted by Gasteiger charge is -2.12. The van der Waals surface area contributed by atoms with Crippen molar-refractivity contribution in [3.63, 3.8) is 0 Å². The Morgan fingerprint density at radius 3 is 2.12 bits per heavy atom. The van der Waals surface area contributed by atoms with Gasteiger partial charge in [0.15, 0.2) is 0 Å². The summed E-state index contributed by atoms with van der Waals surface area (Å²) in [6.45, 7) is 1.69. The summed E-state index contributed by atoms with van der Waals surface area (Å²) < 4.78 is 93.0. The Hall–Kier alpha value is -2.42. The van der Waals surface area contributed by atoms with Gasteiger partial charge in [0.1, 0.15) is 4.90 Å².